The van der Waals surface area contributed by atoms with E-state index in [9.17, 15) is 10.4 Å². The summed E-state index contributed by atoms with van der Waals surface area (Å²) in [5.74, 6) is 0.188. The molecule has 10 heteroatoms. The molecule has 1 aliphatic heterocycles. The van der Waals surface area contributed by atoms with Crippen molar-refractivity contribution in [1.29, 1.82) is 10.7 Å². The van der Waals surface area contributed by atoms with Gasteiger partial charge >= 0.3 is 0 Å². The lowest BCUT2D eigenvalue weighted by Crippen LogP contribution is -2.35. The molecule has 4 heterocycles. The first kappa shape index (κ1) is 21.6. The molecule has 172 valence electrons. The summed E-state index contributed by atoms with van der Waals surface area (Å²) in [6.07, 6.45) is 7.47. The molecule has 1 saturated heterocycles. The number of aliphatic hydroxyl groups is 1. The maximum atomic E-state index is 9.57. The van der Waals surface area contributed by atoms with Gasteiger partial charge in [-0.3, -0.25) is 0 Å². The quantitative estimate of drug-likeness (QED) is 0.295. The smallest absolute Gasteiger partial charge is 0.298 e. The van der Waals surface area contributed by atoms with Gasteiger partial charge in [0.05, 0.1) is 24.8 Å². The van der Waals surface area contributed by atoms with Crippen LogP contribution in [0.3, 0.4) is 0 Å². The molecule has 2 unspecified atom stereocenters. The second-order valence-corrected chi connectivity index (χ2v) is 8.26. The summed E-state index contributed by atoms with van der Waals surface area (Å²) in [5.41, 5.74) is 4.01. The van der Waals surface area contributed by atoms with Crippen molar-refractivity contribution in [2.45, 2.75) is 25.5 Å². The maximum Gasteiger partial charge on any atom is 0.298 e. The minimum Gasteiger partial charge on any atom is -0.423 e. The molecule has 0 aliphatic carbocycles. The van der Waals surface area contributed by atoms with Crippen LogP contribution in [0.4, 0.5) is 6.01 Å². The van der Waals surface area contributed by atoms with Gasteiger partial charge in [-0.2, -0.15) is 10.2 Å². The minimum atomic E-state index is -0.106. The topological polar surface area (TPSA) is 151 Å². The molecule has 4 N–H and O–H groups in total. The average molecular weight is 457 g/mol. The number of fused-ring (bicyclic) bond motifs is 2. The third-order valence-corrected chi connectivity index (χ3v) is 6.27. The first-order valence-electron chi connectivity index (χ1n) is 11.1. The average Bonchev–Trinajstić information content (AvgIpc) is 3.62. The highest BCUT2D eigenvalue weighted by atomic mass is 16.4. The van der Waals surface area contributed by atoms with Crippen LogP contribution < -0.4 is 10.2 Å². The number of aromatic amines is 1. The molecule has 5 rings (SSSR count). The van der Waals surface area contributed by atoms with Crippen molar-refractivity contribution in [3.8, 4) is 6.07 Å². The van der Waals surface area contributed by atoms with Crippen molar-refractivity contribution < 1.29 is 9.52 Å². The number of allylic oxidation sites excluding steroid dienone is 1. The Hall–Kier alpha value is -4.23. The Bertz CT molecular complexity index is 1400. The number of nitrogens with zero attached hydrogens (tertiary/aromatic N) is 5. The Kier molecular flexibility index (Phi) is 5.93. The van der Waals surface area contributed by atoms with Crippen LogP contribution in [0.15, 0.2) is 47.4 Å². The number of rotatable bonds is 8. The molecule has 34 heavy (non-hydrogen) atoms. The molecule has 3 aromatic heterocycles. The van der Waals surface area contributed by atoms with Gasteiger partial charge in [-0.1, -0.05) is 12.1 Å². The molecule has 0 saturated carbocycles. The van der Waals surface area contributed by atoms with Crippen molar-refractivity contribution in [3.05, 3.63) is 54.2 Å². The van der Waals surface area contributed by atoms with Crippen LogP contribution in [0.5, 0.6) is 0 Å². The molecule has 1 fully saturated rings. The first-order chi connectivity index (χ1) is 16.7. The zero-order valence-electron chi connectivity index (χ0n) is 18.4. The van der Waals surface area contributed by atoms with Crippen molar-refractivity contribution in [2.75, 3.05) is 18.0 Å². The SMILES string of the molecule is N#CCC(N/C=C(\C=N)c1ncnc2[nH]ccc12)C1CCN(c2nc3cccc(CO)c3o2)C1. The number of H-pyrrole nitrogens is 1. The highest BCUT2D eigenvalue weighted by molar-refractivity contribution is 6.11. The summed E-state index contributed by atoms with van der Waals surface area (Å²) in [4.78, 5) is 18.3. The van der Waals surface area contributed by atoms with E-state index in [0.29, 0.717) is 47.0 Å². The van der Waals surface area contributed by atoms with E-state index in [1.54, 1.807) is 12.4 Å². The third-order valence-electron chi connectivity index (χ3n) is 6.27. The van der Waals surface area contributed by atoms with Gasteiger partial charge in [-0.15, -0.1) is 0 Å². The van der Waals surface area contributed by atoms with Gasteiger partial charge in [0.25, 0.3) is 6.01 Å². The van der Waals surface area contributed by atoms with Gasteiger partial charge in [0.1, 0.15) is 17.5 Å². The number of aromatic nitrogens is 4. The monoisotopic (exact) mass is 456 g/mol. The van der Waals surface area contributed by atoms with Crippen LogP contribution in [0, 0.1) is 22.7 Å². The Morgan fingerprint density at radius 1 is 1.41 bits per heavy atom. The lowest BCUT2D eigenvalue weighted by atomic mass is 9.96. The fourth-order valence-corrected chi connectivity index (χ4v) is 4.48. The maximum absolute atomic E-state index is 9.57. The van der Waals surface area contributed by atoms with Gasteiger partial charge in [0.2, 0.25) is 0 Å². The second-order valence-electron chi connectivity index (χ2n) is 8.26. The number of hydrogen-bond acceptors (Lipinski definition) is 9. The Balaban J connectivity index is 1.34. The van der Waals surface area contributed by atoms with Gasteiger partial charge < -0.3 is 30.1 Å². The zero-order chi connectivity index (χ0) is 23.5. The summed E-state index contributed by atoms with van der Waals surface area (Å²) in [7, 11) is 0. The number of nitrogens with one attached hydrogen (secondary N) is 3. The number of para-hydroxylation sites is 1. The van der Waals surface area contributed by atoms with E-state index in [-0.39, 0.29) is 18.6 Å². The van der Waals surface area contributed by atoms with Crippen LogP contribution in [0.25, 0.3) is 27.7 Å². The number of hydrogen-bond donors (Lipinski definition) is 4. The van der Waals surface area contributed by atoms with Gasteiger partial charge in [-0.05, 0) is 24.5 Å². The number of benzene rings is 1. The van der Waals surface area contributed by atoms with Crippen LogP contribution in [-0.4, -0.2) is 50.4 Å². The minimum absolute atomic E-state index is 0.105. The van der Waals surface area contributed by atoms with E-state index in [2.05, 4.69) is 36.2 Å². The molecular weight excluding hydrogens is 432 g/mol. The van der Waals surface area contributed by atoms with Crippen LogP contribution in [-0.2, 0) is 6.61 Å². The molecule has 0 amide bonds. The standard InChI is InChI=1S/C24H24N8O2/c25-7-4-19(28-11-17(10-26)21-18-5-8-27-23(18)30-14-29-21)15-6-9-32(12-15)24-31-20-3-1-2-16(13-33)22(20)34-24/h1-3,5,8,10-11,14-15,19,26,28,33H,4,6,9,12-13H2,(H,27,29,30)/b17-11+,26-10?. The summed E-state index contributed by atoms with van der Waals surface area (Å²) in [5, 5.41) is 31.1. The Labute approximate surface area is 195 Å². The molecule has 4 aromatic rings. The van der Waals surface area contributed by atoms with Crippen molar-refractivity contribution in [2.24, 2.45) is 5.92 Å². The van der Waals surface area contributed by atoms with Crippen molar-refractivity contribution >= 4 is 39.9 Å². The fraction of sp³-hybridized carbons (Fsp3) is 0.292. The molecule has 1 aromatic carbocycles. The fourth-order valence-electron chi connectivity index (χ4n) is 4.48. The molecule has 0 spiro atoms. The lowest BCUT2D eigenvalue weighted by molar-refractivity contribution is 0.281. The molecular formula is C24H24N8O2. The van der Waals surface area contributed by atoms with E-state index in [1.807, 2.05) is 24.3 Å². The summed E-state index contributed by atoms with van der Waals surface area (Å²) in [6, 6.07) is 10.1. The van der Waals surface area contributed by atoms with Crippen molar-refractivity contribution in [3.63, 3.8) is 0 Å². The highest BCUT2D eigenvalue weighted by Gasteiger charge is 2.31. The van der Waals surface area contributed by atoms with E-state index in [0.717, 1.165) is 23.9 Å². The lowest BCUT2D eigenvalue weighted by Gasteiger charge is -2.22. The van der Waals surface area contributed by atoms with Crippen LogP contribution in [0.2, 0.25) is 0 Å². The summed E-state index contributed by atoms with van der Waals surface area (Å²) >= 11 is 0. The summed E-state index contributed by atoms with van der Waals surface area (Å²) in [6.45, 7) is 1.34. The highest BCUT2D eigenvalue weighted by Crippen LogP contribution is 2.30. The van der Waals surface area contributed by atoms with E-state index in [1.165, 1.54) is 12.5 Å². The van der Waals surface area contributed by atoms with Gasteiger partial charge in [0, 0.05) is 54.3 Å². The normalized spacial score (nSPS) is 17.2. The van der Waals surface area contributed by atoms with Gasteiger partial charge in [0.15, 0.2) is 5.58 Å². The molecule has 1 aliphatic rings. The number of anilines is 1. The second kappa shape index (κ2) is 9.33. The molecule has 2 atom stereocenters. The Morgan fingerprint density at radius 2 is 2.32 bits per heavy atom. The molecule has 0 radical (unpaired) electrons. The zero-order valence-corrected chi connectivity index (χ0v) is 18.4. The van der Waals surface area contributed by atoms with E-state index >= 15 is 0 Å². The molecule has 10 nitrogen and oxygen atoms in total. The van der Waals surface area contributed by atoms with Gasteiger partial charge in [-0.25, -0.2) is 9.97 Å². The van der Waals surface area contributed by atoms with E-state index < -0.39 is 0 Å². The van der Waals surface area contributed by atoms with Crippen LogP contribution >= 0.6 is 0 Å². The summed E-state index contributed by atoms with van der Waals surface area (Å²) < 4.78 is 5.98. The molecule has 0 bridgehead atoms. The van der Waals surface area contributed by atoms with E-state index in [4.69, 9.17) is 9.83 Å². The first-order valence-corrected chi connectivity index (χ1v) is 11.1. The third kappa shape index (κ3) is 3.97. The van der Waals surface area contributed by atoms with Crippen LogP contribution in [0.1, 0.15) is 24.1 Å². The number of aliphatic hydroxyl groups excluding tert-OH is 1. The number of oxazole rings is 1. The predicted octanol–water partition coefficient (Wildman–Crippen LogP) is 2.98. The Morgan fingerprint density at radius 3 is 3.15 bits per heavy atom. The predicted molar refractivity (Wildman–Crippen MR) is 128 cm³/mol. The largest absolute Gasteiger partial charge is 0.423 e. The number of nitriles is 1. The van der Waals surface area contributed by atoms with Crippen molar-refractivity contribution in [1.82, 2.24) is 25.3 Å².